The number of halogens is 4. The van der Waals surface area contributed by atoms with Crippen LogP contribution in [0.4, 0.5) is 5.69 Å². The molecule has 152 valence electrons. The van der Waals surface area contributed by atoms with E-state index in [4.69, 9.17) is 46.4 Å². The van der Waals surface area contributed by atoms with Gasteiger partial charge in [-0.25, -0.2) is 0 Å². The highest BCUT2D eigenvalue weighted by atomic mass is 35.5. The molecule has 0 saturated heterocycles. The van der Waals surface area contributed by atoms with Crippen LogP contribution in [0.2, 0.25) is 20.1 Å². The molecule has 3 aromatic rings. The largest absolute Gasteiger partial charge is 0.321 e. The zero-order valence-corrected chi connectivity index (χ0v) is 19.0. The summed E-state index contributed by atoms with van der Waals surface area (Å²) in [5.41, 5.74) is 3.64. The van der Waals surface area contributed by atoms with E-state index in [9.17, 15) is 10.1 Å². The van der Waals surface area contributed by atoms with Crippen molar-refractivity contribution in [3.05, 3.63) is 85.1 Å². The van der Waals surface area contributed by atoms with Gasteiger partial charge in [0.1, 0.15) is 11.6 Å². The molecule has 2 aromatic carbocycles. The predicted molar refractivity (Wildman–Crippen MR) is 124 cm³/mol. The summed E-state index contributed by atoms with van der Waals surface area (Å²) in [5.74, 6) is -0.550. The van der Waals surface area contributed by atoms with Crippen LogP contribution in [-0.4, -0.2) is 10.5 Å². The Labute approximate surface area is 194 Å². The van der Waals surface area contributed by atoms with Crippen molar-refractivity contribution in [2.75, 3.05) is 5.32 Å². The van der Waals surface area contributed by atoms with Gasteiger partial charge in [-0.15, -0.1) is 0 Å². The Morgan fingerprint density at radius 2 is 1.67 bits per heavy atom. The first kappa shape index (κ1) is 22.3. The maximum absolute atomic E-state index is 12.6. The molecule has 4 nitrogen and oxygen atoms in total. The van der Waals surface area contributed by atoms with E-state index in [0.717, 1.165) is 22.6 Å². The Morgan fingerprint density at radius 1 is 1.00 bits per heavy atom. The van der Waals surface area contributed by atoms with Crippen molar-refractivity contribution in [2.45, 2.75) is 13.8 Å². The molecular formula is C22H15Cl4N3O. The van der Waals surface area contributed by atoms with E-state index in [1.807, 2.05) is 30.6 Å². The van der Waals surface area contributed by atoms with Gasteiger partial charge < -0.3 is 9.88 Å². The molecule has 0 atom stereocenters. The first-order chi connectivity index (χ1) is 14.2. The number of rotatable bonds is 4. The summed E-state index contributed by atoms with van der Waals surface area (Å²) < 4.78 is 1.95. The number of amides is 1. The molecule has 3 rings (SSSR count). The summed E-state index contributed by atoms with van der Waals surface area (Å²) in [6.07, 6.45) is 1.54. The molecule has 0 spiro atoms. The molecular weight excluding hydrogens is 464 g/mol. The van der Waals surface area contributed by atoms with E-state index in [1.54, 1.807) is 30.3 Å². The van der Waals surface area contributed by atoms with Crippen LogP contribution in [0.3, 0.4) is 0 Å². The molecule has 0 saturated carbocycles. The van der Waals surface area contributed by atoms with Crippen molar-refractivity contribution in [3.8, 4) is 11.8 Å². The summed E-state index contributed by atoms with van der Waals surface area (Å²) in [6, 6.07) is 13.8. The van der Waals surface area contributed by atoms with Gasteiger partial charge in [0.05, 0.1) is 10.0 Å². The molecule has 0 aliphatic rings. The zero-order valence-electron chi connectivity index (χ0n) is 15.9. The topological polar surface area (TPSA) is 57.8 Å². The summed E-state index contributed by atoms with van der Waals surface area (Å²) >= 11 is 24.1. The highest BCUT2D eigenvalue weighted by Crippen LogP contribution is 2.28. The van der Waals surface area contributed by atoms with E-state index >= 15 is 0 Å². The van der Waals surface area contributed by atoms with Crippen LogP contribution in [0, 0.1) is 25.2 Å². The molecule has 1 aromatic heterocycles. The van der Waals surface area contributed by atoms with Crippen molar-refractivity contribution in [1.82, 2.24) is 4.57 Å². The molecule has 0 aliphatic heterocycles. The third kappa shape index (κ3) is 4.83. The van der Waals surface area contributed by atoms with Gasteiger partial charge in [-0.05, 0) is 68.0 Å². The number of hydrogen-bond donors (Lipinski definition) is 1. The van der Waals surface area contributed by atoms with Gasteiger partial charge in [0.25, 0.3) is 5.91 Å². The molecule has 1 heterocycles. The number of nitriles is 1. The van der Waals surface area contributed by atoms with E-state index in [1.165, 1.54) is 12.1 Å². The molecule has 0 fully saturated rings. The minimum absolute atomic E-state index is 0.0505. The van der Waals surface area contributed by atoms with Crippen LogP contribution in [-0.2, 0) is 4.79 Å². The number of nitrogens with one attached hydrogen (secondary N) is 1. The second-order valence-electron chi connectivity index (χ2n) is 6.54. The molecule has 1 amide bonds. The van der Waals surface area contributed by atoms with Crippen LogP contribution < -0.4 is 5.32 Å². The maximum Gasteiger partial charge on any atom is 0.266 e. The van der Waals surface area contributed by atoms with Crippen molar-refractivity contribution >= 4 is 64.1 Å². The van der Waals surface area contributed by atoms with E-state index in [0.29, 0.717) is 25.8 Å². The SMILES string of the molecule is Cc1cc(/C=C(\C#N)C(=O)Nc2ccc(Cl)c(Cl)c2)c(C)n1-c1cc(Cl)cc(Cl)c1. The lowest BCUT2D eigenvalue weighted by molar-refractivity contribution is -0.112. The summed E-state index contributed by atoms with van der Waals surface area (Å²) in [5, 5.41) is 13.9. The van der Waals surface area contributed by atoms with E-state index in [2.05, 4.69) is 5.32 Å². The number of carbonyl (C=O) groups excluding carboxylic acids is 1. The number of hydrogen-bond acceptors (Lipinski definition) is 2. The minimum atomic E-state index is -0.550. The van der Waals surface area contributed by atoms with Crippen LogP contribution in [0.25, 0.3) is 11.8 Å². The second kappa shape index (κ2) is 9.16. The summed E-state index contributed by atoms with van der Waals surface area (Å²) in [6.45, 7) is 3.81. The fourth-order valence-electron chi connectivity index (χ4n) is 3.08. The molecule has 1 N–H and O–H groups in total. The minimum Gasteiger partial charge on any atom is -0.321 e. The molecule has 30 heavy (non-hydrogen) atoms. The van der Waals surface area contributed by atoms with Crippen molar-refractivity contribution < 1.29 is 4.79 Å². The third-order valence-corrected chi connectivity index (χ3v) is 5.59. The highest BCUT2D eigenvalue weighted by molar-refractivity contribution is 6.42. The monoisotopic (exact) mass is 477 g/mol. The Balaban J connectivity index is 1.95. The van der Waals surface area contributed by atoms with E-state index in [-0.39, 0.29) is 5.57 Å². The Morgan fingerprint density at radius 3 is 2.27 bits per heavy atom. The summed E-state index contributed by atoms with van der Waals surface area (Å²) in [7, 11) is 0. The Kier molecular flexibility index (Phi) is 6.80. The lowest BCUT2D eigenvalue weighted by atomic mass is 10.1. The van der Waals surface area contributed by atoms with Gasteiger partial charge in [0.15, 0.2) is 0 Å². The van der Waals surface area contributed by atoms with Gasteiger partial charge in [-0.3, -0.25) is 4.79 Å². The van der Waals surface area contributed by atoms with Crippen molar-refractivity contribution in [3.63, 3.8) is 0 Å². The summed E-state index contributed by atoms with van der Waals surface area (Å²) in [4.78, 5) is 12.6. The average Bonchev–Trinajstić information content (AvgIpc) is 2.95. The number of aromatic nitrogens is 1. The molecule has 0 aliphatic carbocycles. The van der Waals surface area contributed by atoms with Gasteiger partial charge in [0.2, 0.25) is 0 Å². The van der Waals surface area contributed by atoms with Crippen molar-refractivity contribution in [2.24, 2.45) is 0 Å². The van der Waals surface area contributed by atoms with Gasteiger partial charge in [-0.2, -0.15) is 5.26 Å². The van der Waals surface area contributed by atoms with E-state index < -0.39 is 5.91 Å². The fourth-order valence-corrected chi connectivity index (χ4v) is 3.89. The lowest BCUT2D eigenvalue weighted by Gasteiger charge is -2.11. The first-order valence-corrected chi connectivity index (χ1v) is 10.2. The zero-order chi connectivity index (χ0) is 22.0. The second-order valence-corrected chi connectivity index (χ2v) is 8.23. The predicted octanol–water partition coefficient (Wildman–Crippen LogP) is 7.25. The number of benzene rings is 2. The van der Waals surface area contributed by atoms with Gasteiger partial charge >= 0.3 is 0 Å². The Hall–Kier alpha value is -2.42. The van der Waals surface area contributed by atoms with Crippen LogP contribution in [0.5, 0.6) is 0 Å². The number of aryl methyl sites for hydroxylation is 1. The van der Waals surface area contributed by atoms with Gasteiger partial charge in [0, 0.05) is 32.8 Å². The van der Waals surface area contributed by atoms with Crippen LogP contribution in [0.1, 0.15) is 17.0 Å². The van der Waals surface area contributed by atoms with Gasteiger partial charge in [-0.1, -0.05) is 46.4 Å². The smallest absolute Gasteiger partial charge is 0.266 e. The first-order valence-electron chi connectivity index (χ1n) is 8.73. The quantitative estimate of drug-likeness (QED) is 0.317. The molecule has 0 bridgehead atoms. The number of carbonyl (C=O) groups is 1. The fraction of sp³-hybridized carbons (Fsp3) is 0.0909. The number of nitrogens with zero attached hydrogens (tertiary/aromatic N) is 2. The van der Waals surface area contributed by atoms with Crippen molar-refractivity contribution in [1.29, 1.82) is 5.26 Å². The van der Waals surface area contributed by atoms with Crippen LogP contribution in [0.15, 0.2) is 48.0 Å². The normalized spacial score (nSPS) is 11.3. The average molecular weight is 479 g/mol. The maximum atomic E-state index is 12.6. The van der Waals surface area contributed by atoms with Crippen LogP contribution >= 0.6 is 46.4 Å². The Bertz CT molecular complexity index is 1200. The standard InChI is InChI=1S/C22H15Cl4N3O/c1-12-5-14(13(2)29(12)19-8-16(23)7-17(24)9-19)6-15(11-27)22(30)28-18-3-4-20(25)21(26)10-18/h3-10H,1-2H3,(H,28,30)/b15-6+. The highest BCUT2D eigenvalue weighted by Gasteiger charge is 2.15. The third-order valence-electron chi connectivity index (χ3n) is 4.42. The molecule has 8 heteroatoms. The number of anilines is 1. The molecule has 0 radical (unpaired) electrons. The lowest BCUT2D eigenvalue weighted by Crippen LogP contribution is -2.13. The molecule has 0 unspecified atom stereocenters.